The first-order valence-electron chi connectivity index (χ1n) is 7.53. The Bertz CT molecular complexity index is 886. The van der Waals surface area contributed by atoms with Gasteiger partial charge in [0.2, 0.25) is 11.8 Å². The highest BCUT2D eigenvalue weighted by atomic mass is 79.9. The number of nitrogens with zero attached hydrogens (tertiary/aromatic N) is 1. The SMILES string of the molecule is CCOC(=O)C1=C(C)OC(=N)C(C#N)C12C(=O)Nc1cc(Br)ccc12. The van der Waals surface area contributed by atoms with Crippen molar-refractivity contribution in [2.75, 3.05) is 11.9 Å². The summed E-state index contributed by atoms with van der Waals surface area (Å²) in [5, 5.41) is 20.4. The lowest BCUT2D eigenvalue weighted by molar-refractivity contribution is -0.141. The van der Waals surface area contributed by atoms with Crippen molar-refractivity contribution in [3.8, 4) is 6.07 Å². The summed E-state index contributed by atoms with van der Waals surface area (Å²) >= 11 is 3.34. The minimum absolute atomic E-state index is 0.0459. The lowest BCUT2D eigenvalue weighted by atomic mass is 9.64. The second-order valence-corrected chi connectivity index (χ2v) is 6.55. The van der Waals surface area contributed by atoms with Crippen molar-refractivity contribution in [2.45, 2.75) is 19.3 Å². The van der Waals surface area contributed by atoms with Crippen LogP contribution in [0, 0.1) is 22.7 Å². The number of nitrogens with one attached hydrogen (secondary N) is 2. The van der Waals surface area contributed by atoms with Crippen LogP contribution < -0.4 is 5.32 Å². The molecule has 0 fully saturated rings. The highest BCUT2D eigenvalue weighted by Gasteiger charge is 2.62. The molecule has 0 saturated carbocycles. The summed E-state index contributed by atoms with van der Waals surface area (Å²) in [5.74, 6) is -2.86. The van der Waals surface area contributed by atoms with Gasteiger partial charge >= 0.3 is 5.97 Å². The Morgan fingerprint density at radius 3 is 2.92 bits per heavy atom. The van der Waals surface area contributed by atoms with Crippen LogP contribution in [0.1, 0.15) is 19.4 Å². The normalized spacial score (nSPS) is 24.5. The number of hydrogen-bond donors (Lipinski definition) is 2. The molecule has 128 valence electrons. The van der Waals surface area contributed by atoms with Gasteiger partial charge in [-0.2, -0.15) is 5.26 Å². The molecule has 1 aromatic rings. The van der Waals surface area contributed by atoms with E-state index in [0.717, 1.165) is 4.47 Å². The van der Waals surface area contributed by atoms with Crippen LogP contribution in [-0.2, 0) is 24.5 Å². The molecule has 0 saturated heterocycles. The molecule has 2 unspecified atom stereocenters. The van der Waals surface area contributed by atoms with Crippen molar-refractivity contribution in [3.63, 3.8) is 0 Å². The number of ether oxygens (including phenoxy) is 2. The maximum Gasteiger partial charge on any atom is 0.338 e. The van der Waals surface area contributed by atoms with Gasteiger partial charge in [0, 0.05) is 10.2 Å². The van der Waals surface area contributed by atoms with Gasteiger partial charge < -0.3 is 14.8 Å². The van der Waals surface area contributed by atoms with Gasteiger partial charge in [-0.05, 0) is 31.5 Å². The van der Waals surface area contributed by atoms with Crippen LogP contribution in [-0.4, -0.2) is 24.4 Å². The van der Waals surface area contributed by atoms with Crippen LogP contribution in [0.3, 0.4) is 0 Å². The second-order valence-electron chi connectivity index (χ2n) is 5.63. The van der Waals surface area contributed by atoms with Crippen LogP contribution >= 0.6 is 15.9 Å². The predicted molar refractivity (Wildman–Crippen MR) is 91.7 cm³/mol. The summed E-state index contributed by atoms with van der Waals surface area (Å²) in [7, 11) is 0. The van der Waals surface area contributed by atoms with E-state index in [1.54, 1.807) is 25.1 Å². The molecular weight excluding hydrogens is 390 g/mol. The molecule has 3 rings (SSSR count). The Morgan fingerprint density at radius 1 is 1.56 bits per heavy atom. The summed E-state index contributed by atoms with van der Waals surface area (Å²) in [6.07, 6.45) is 0. The van der Waals surface area contributed by atoms with E-state index in [0.29, 0.717) is 11.3 Å². The van der Waals surface area contributed by atoms with E-state index in [1.807, 2.05) is 6.07 Å². The van der Waals surface area contributed by atoms with Gasteiger partial charge in [-0.3, -0.25) is 10.2 Å². The topological polar surface area (TPSA) is 112 Å². The fourth-order valence-electron chi connectivity index (χ4n) is 3.40. The van der Waals surface area contributed by atoms with Crippen molar-refractivity contribution < 1.29 is 19.1 Å². The number of carbonyl (C=O) groups is 2. The van der Waals surface area contributed by atoms with Gasteiger partial charge in [0.15, 0.2) is 0 Å². The molecule has 0 radical (unpaired) electrons. The van der Waals surface area contributed by atoms with Gasteiger partial charge in [-0.1, -0.05) is 22.0 Å². The number of anilines is 1. The molecule has 2 atom stereocenters. The van der Waals surface area contributed by atoms with Crippen molar-refractivity contribution >= 4 is 39.4 Å². The summed E-state index contributed by atoms with van der Waals surface area (Å²) in [5.41, 5.74) is -0.793. The Kier molecular flexibility index (Phi) is 4.13. The summed E-state index contributed by atoms with van der Waals surface area (Å²) in [4.78, 5) is 25.7. The Hall–Kier alpha value is -2.66. The first-order valence-corrected chi connectivity index (χ1v) is 8.33. The van der Waals surface area contributed by atoms with Crippen LogP contribution in [0.5, 0.6) is 0 Å². The number of halogens is 1. The summed E-state index contributed by atoms with van der Waals surface area (Å²) in [6.45, 7) is 3.24. The third kappa shape index (κ3) is 2.27. The highest BCUT2D eigenvalue weighted by Crippen LogP contribution is 2.52. The molecule has 7 nitrogen and oxygen atoms in total. The highest BCUT2D eigenvalue weighted by molar-refractivity contribution is 9.10. The van der Waals surface area contributed by atoms with E-state index < -0.39 is 23.2 Å². The number of hydrogen-bond acceptors (Lipinski definition) is 6. The number of esters is 1. The average molecular weight is 404 g/mol. The van der Waals surface area contributed by atoms with E-state index in [9.17, 15) is 14.9 Å². The van der Waals surface area contributed by atoms with Gasteiger partial charge in [0.05, 0.1) is 18.2 Å². The van der Waals surface area contributed by atoms with Crippen LogP contribution in [0.15, 0.2) is 34.0 Å². The molecule has 2 N–H and O–H groups in total. The predicted octanol–water partition coefficient (Wildman–Crippen LogP) is 2.62. The second kappa shape index (κ2) is 6.01. The van der Waals surface area contributed by atoms with E-state index in [1.165, 1.54) is 6.92 Å². The van der Waals surface area contributed by atoms with Gasteiger partial charge in [-0.15, -0.1) is 0 Å². The van der Waals surface area contributed by atoms with Gasteiger partial charge in [0.25, 0.3) is 0 Å². The monoisotopic (exact) mass is 403 g/mol. The molecule has 1 spiro atoms. The summed E-state index contributed by atoms with van der Waals surface area (Å²) in [6, 6.07) is 7.02. The van der Waals surface area contributed by atoms with E-state index >= 15 is 0 Å². The van der Waals surface area contributed by atoms with Crippen LogP contribution in [0.2, 0.25) is 0 Å². The molecule has 0 aliphatic carbocycles. The molecule has 1 amide bonds. The van der Waals surface area contributed by atoms with Gasteiger partial charge in [0.1, 0.15) is 17.1 Å². The number of benzene rings is 1. The van der Waals surface area contributed by atoms with Crippen molar-refractivity contribution in [1.29, 1.82) is 10.7 Å². The first kappa shape index (κ1) is 17.2. The Balaban J connectivity index is 2.37. The molecule has 8 heteroatoms. The van der Waals surface area contributed by atoms with Crippen molar-refractivity contribution in [2.24, 2.45) is 5.92 Å². The van der Waals surface area contributed by atoms with Crippen molar-refractivity contribution in [1.82, 2.24) is 0 Å². The van der Waals surface area contributed by atoms with Crippen LogP contribution in [0.25, 0.3) is 0 Å². The zero-order valence-corrected chi connectivity index (χ0v) is 15.1. The van der Waals surface area contributed by atoms with E-state index in [4.69, 9.17) is 14.9 Å². The first-order chi connectivity index (χ1) is 11.9. The molecule has 25 heavy (non-hydrogen) atoms. The largest absolute Gasteiger partial charge is 0.462 e. The smallest absolute Gasteiger partial charge is 0.338 e. The number of amides is 1. The Morgan fingerprint density at radius 2 is 2.28 bits per heavy atom. The van der Waals surface area contributed by atoms with Crippen LogP contribution in [0.4, 0.5) is 5.69 Å². The maximum atomic E-state index is 13.0. The number of carbonyl (C=O) groups excluding carboxylic acids is 2. The minimum atomic E-state index is -1.67. The lowest BCUT2D eigenvalue weighted by Gasteiger charge is -2.37. The quantitative estimate of drug-likeness (QED) is 0.736. The lowest BCUT2D eigenvalue weighted by Crippen LogP contribution is -2.52. The summed E-state index contributed by atoms with van der Waals surface area (Å²) < 4.78 is 11.1. The third-order valence-corrected chi connectivity index (χ3v) is 4.82. The molecule has 2 aliphatic rings. The number of allylic oxidation sites excluding steroid dienone is 1. The molecular formula is C17H14BrN3O4. The number of rotatable bonds is 2. The van der Waals surface area contributed by atoms with Crippen molar-refractivity contribution in [3.05, 3.63) is 39.6 Å². The third-order valence-electron chi connectivity index (χ3n) is 4.33. The number of fused-ring (bicyclic) bond motifs is 2. The molecule has 2 aliphatic heterocycles. The Labute approximate surface area is 152 Å². The average Bonchev–Trinajstić information content (AvgIpc) is 2.80. The fraction of sp³-hybridized carbons (Fsp3) is 0.294. The van der Waals surface area contributed by atoms with E-state index in [-0.39, 0.29) is 23.8 Å². The molecule has 0 aromatic heterocycles. The number of nitriles is 1. The fourth-order valence-corrected chi connectivity index (χ4v) is 3.76. The standard InChI is InChI=1S/C17H14BrN3O4/c1-3-24-15(22)13-8(2)25-14(20)11(7-19)17(13)10-5-4-9(18)6-12(10)21-16(17)23/h4-6,11,20H,3H2,1-2H3,(H,21,23). The maximum absolute atomic E-state index is 13.0. The zero-order chi connectivity index (χ0) is 18.4. The van der Waals surface area contributed by atoms with E-state index in [2.05, 4.69) is 21.2 Å². The molecule has 1 aromatic carbocycles. The molecule has 0 bridgehead atoms. The minimum Gasteiger partial charge on any atom is -0.462 e. The van der Waals surface area contributed by atoms with Gasteiger partial charge in [-0.25, -0.2) is 4.79 Å². The zero-order valence-electron chi connectivity index (χ0n) is 13.5. The molecule has 2 heterocycles.